The van der Waals surface area contributed by atoms with Gasteiger partial charge in [-0.2, -0.15) is 0 Å². The summed E-state index contributed by atoms with van der Waals surface area (Å²) in [5.41, 5.74) is 1.23. The Labute approximate surface area is 109 Å². The van der Waals surface area contributed by atoms with E-state index in [0.29, 0.717) is 12.1 Å². The van der Waals surface area contributed by atoms with E-state index in [1.807, 2.05) is 12.1 Å². The standard InChI is InChI=1S/C15H23NO2/c1-4-9-17-14-7-5-6-12-13(16-11(2)3)8-10-18-15(12)14/h5-7,11,13,16H,4,8-10H2,1-3H3. The Balaban J connectivity index is 2.22. The van der Waals surface area contributed by atoms with Crippen molar-refractivity contribution in [1.82, 2.24) is 5.32 Å². The van der Waals surface area contributed by atoms with Crippen molar-refractivity contribution in [2.45, 2.75) is 45.7 Å². The smallest absolute Gasteiger partial charge is 0.165 e. The molecule has 3 heteroatoms. The third-order valence-corrected chi connectivity index (χ3v) is 3.03. The van der Waals surface area contributed by atoms with Gasteiger partial charge in [0.1, 0.15) is 0 Å². The maximum Gasteiger partial charge on any atom is 0.165 e. The number of hydrogen-bond donors (Lipinski definition) is 1. The van der Waals surface area contributed by atoms with Crippen LogP contribution in [-0.4, -0.2) is 19.3 Å². The van der Waals surface area contributed by atoms with E-state index in [-0.39, 0.29) is 0 Å². The molecule has 18 heavy (non-hydrogen) atoms. The first-order valence-corrected chi connectivity index (χ1v) is 6.87. The minimum absolute atomic E-state index is 0.374. The van der Waals surface area contributed by atoms with E-state index in [1.54, 1.807) is 0 Å². The van der Waals surface area contributed by atoms with Gasteiger partial charge in [-0.05, 0) is 12.5 Å². The molecule has 0 fully saturated rings. The van der Waals surface area contributed by atoms with Gasteiger partial charge in [-0.1, -0.05) is 32.9 Å². The quantitative estimate of drug-likeness (QED) is 0.868. The summed E-state index contributed by atoms with van der Waals surface area (Å²) >= 11 is 0. The van der Waals surface area contributed by atoms with E-state index < -0.39 is 0 Å². The van der Waals surface area contributed by atoms with Crippen LogP contribution in [0.4, 0.5) is 0 Å². The summed E-state index contributed by atoms with van der Waals surface area (Å²) < 4.78 is 11.6. The van der Waals surface area contributed by atoms with Gasteiger partial charge in [0.05, 0.1) is 13.2 Å². The lowest BCUT2D eigenvalue weighted by molar-refractivity contribution is 0.225. The van der Waals surface area contributed by atoms with Crippen LogP contribution in [0.1, 0.15) is 45.2 Å². The predicted molar refractivity (Wildman–Crippen MR) is 73.4 cm³/mol. The van der Waals surface area contributed by atoms with Gasteiger partial charge in [0.15, 0.2) is 11.5 Å². The molecule has 0 saturated heterocycles. The number of ether oxygens (including phenoxy) is 2. The highest BCUT2D eigenvalue weighted by Crippen LogP contribution is 2.39. The second kappa shape index (κ2) is 6.10. The summed E-state index contributed by atoms with van der Waals surface area (Å²) in [7, 11) is 0. The molecule has 3 nitrogen and oxygen atoms in total. The number of benzene rings is 1. The zero-order valence-corrected chi connectivity index (χ0v) is 11.5. The van der Waals surface area contributed by atoms with Gasteiger partial charge in [0.2, 0.25) is 0 Å². The maximum absolute atomic E-state index is 5.80. The molecule has 0 amide bonds. The third kappa shape index (κ3) is 2.96. The first-order chi connectivity index (χ1) is 8.72. The minimum atomic E-state index is 0.374. The normalized spacial score (nSPS) is 18.3. The maximum atomic E-state index is 5.80. The number of rotatable bonds is 5. The van der Waals surface area contributed by atoms with Crippen LogP contribution in [-0.2, 0) is 0 Å². The molecule has 1 heterocycles. The molecule has 0 radical (unpaired) electrons. The molecule has 100 valence electrons. The molecule has 0 aliphatic carbocycles. The van der Waals surface area contributed by atoms with Crippen molar-refractivity contribution in [3.05, 3.63) is 23.8 Å². The Morgan fingerprint density at radius 2 is 2.28 bits per heavy atom. The molecule has 1 aliphatic rings. The first kappa shape index (κ1) is 13.2. The zero-order chi connectivity index (χ0) is 13.0. The summed E-state index contributed by atoms with van der Waals surface area (Å²) in [6.07, 6.45) is 2.03. The van der Waals surface area contributed by atoms with Crippen LogP contribution in [0, 0.1) is 0 Å². The first-order valence-electron chi connectivity index (χ1n) is 6.87. The Kier molecular flexibility index (Phi) is 4.48. The fourth-order valence-corrected chi connectivity index (χ4v) is 2.30. The molecule has 0 spiro atoms. The average molecular weight is 249 g/mol. The third-order valence-electron chi connectivity index (χ3n) is 3.03. The van der Waals surface area contributed by atoms with Crippen molar-refractivity contribution in [2.75, 3.05) is 13.2 Å². The highest BCUT2D eigenvalue weighted by molar-refractivity contribution is 5.49. The molecular weight excluding hydrogens is 226 g/mol. The van der Waals surface area contributed by atoms with Crippen molar-refractivity contribution < 1.29 is 9.47 Å². The lowest BCUT2D eigenvalue weighted by atomic mass is 9.99. The lowest BCUT2D eigenvalue weighted by Crippen LogP contribution is -2.32. The number of fused-ring (bicyclic) bond motifs is 1. The van der Waals surface area contributed by atoms with Gasteiger partial charge in [0, 0.05) is 24.1 Å². The van der Waals surface area contributed by atoms with Crippen LogP contribution in [0.25, 0.3) is 0 Å². The Morgan fingerprint density at radius 1 is 1.44 bits per heavy atom. The highest BCUT2D eigenvalue weighted by atomic mass is 16.5. The van der Waals surface area contributed by atoms with Crippen LogP contribution in [0.5, 0.6) is 11.5 Å². The van der Waals surface area contributed by atoms with Gasteiger partial charge >= 0.3 is 0 Å². The van der Waals surface area contributed by atoms with Crippen LogP contribution in [0.3, 0.4) is 0 Å². The van der Waals surface area contributed by atoms with E-state index in [2.05, 4.69) is 32.2 Å². The number of hydrogen-bond acceptors (Lipinski definition) is 3. The molecule has 1 unspecified atom stereocenters. The summed E-state index contributed by atoms with van der Waals surface area (Å²) in [5.74, 6) is 1.81. The van der Waals surface area contributed by atoms with Crippen LogP contribution < -0.4 is 14.8 Å². The Bertz CT molecular complexity index is 390. The van der Waals surface area contributed by atoms with Gasteiger partial charge in [-0.15, -0.1) is 0 Å². The summed E-state index contributed by atoms with van der Waals surface area (Å²) in [6, 6.07) is 7.02. The average Bonchev–Trinajstić information content (AvgIpc) is 2.36. The molecular formula is C15H23NO2. The summed E-state index contributed by atoms with van der Waals surface area (Å²) in [5, 5.41) is 3.59. The van der Waals surface area contributed by atoms with Gasteiger partial charge < -0.3 is 14.8 Å². The Morgan fingerprint density at radius 3 is 3.00 bits per heavy atom. The highest BCUT2D eigenvalue weighted by Gasteiger charge is 2.24. The van der Waals surface area contributed by atoms with E-state index in [0.717, 1.165) is 37.6 Å². The molecule has 2 rings (SSSR count). The lowest BCUT2D eigenvalue weighted by Gasteiger charge is -2.29. The predicted octanol–water partition coefficient (Wildman–Crippen LogP) is 3.30. The fourth-order valence-electron chi connectivity index (χ4n) is 2.30. The van der Waals surface area contributed by atoms with Crippen molar-refractivity contribution >= 4 is 0 Å². The van der Waals surface area contributed by atoms with Gasteiger partial charge in [-0.3, -0.25) is 0 Å². The van der Waals surface area contributed by atoms with Gasteiger partial charge in [0.25, 0.3) is 0 Å². The largest absolute Gasteiger partial charge is 0.490 e. The molecule has 1 aliphatic heterocycles. The molecule has 1 aromatic carbocycles. The SMILES string of the molecule is CCCOc1cccc2c1OCCC2NC(C)C. The molecule has 1 aromatic rings. The molecule has 1 N–H and O–H groups in total. The van der Waals surface area contributed by atoms with Crippen molar-refractivity contribution in [2.24, 2.45) is 0 Å². The molecule has 0 bridgehead atoms. The summed E-state index contributed by atoms with van der Waals surface area (Å²) in [6.45, 7) is 7.95. The number of para-hydroxylation sites is 1. The van der Waals surface area contributed by atoms with Crippen LogP contribution in [0.15, 0.2) is 18.2 Å². The molecule has 1 atom stereocenters. The van der Waals surface area contributed by atoms with Crippen LogP contribution >= 0.6 is 0 Å². The summed E-state index contributed by atoms with van der Waals surface area (Å²) in [4.78, 5) is 0. The van der Waals surface area contributed by atoms with E-state index in [4.69, 9.17) is 9.47 Å². The second-order valence-electron chi connectivity index (χ2n) is 5.03. The number of nitrogens with one attached hydrogen (secondary N) is 1. The second-order valence-corrected chi connectivity index (χ2v) is 5.03. The van der Waals surface area contributed by atoms with E-state index in [9.17, 15) is 0 Å². The van der Waals surface area contributed by atoms with E-state index in [1.165, 1.54) is 5.56 Å². The Hall–Kier alpha value is -1.22. The van der Waals surface area contributed by atoms with Crippen molar-refractivity contribution in [3.63, 3.8) is 0 Å². The van der Waals surface area contributed by atoms with Gasteiger partial charge in [-0.25, -0.2) is 0 Å². The van der Waals surface area contributed by atoms with Crippen LogP contribution in [0.2, 0.25) is 0 Å². The zero-order valence-electron chi connectivity index (χ0n) is 11.5. The molecule has 0 saturated carbocycles. The monoisotopic (exact) mass is 249 g/mol. The van der Waals surface area contributed by atoms with Crippen molar-refractivity contribution in [1.29, 1.82) is 0 Å². The fraction of sp³-hybridized carbons (Fsp3) is 0.600. The minimum Gasteiger partial charge on any atom is -0.490 e. The van der Waals surface area contributed by atoms with E-state index >= 15 is 0 Å². The topological polar surface area (TPSA) is 30.5 Å². The van der Waals surface area contributed by atoms with Crippen molar-refractivity contribution in [3.8, 4) is 11.5 Å². The molecule has 0 aromatic heterocycles.